The smallest absolute Gasteiger partial charge is 0.276 e. The van der Waals surface area contributed by atoms with E-state index in [1.807, 2.05) is 36.4 Å². The number of nitrogens with one attached hydrogen (secondary N) is 1. The first-order chi connectivity index (χ1) is 11.3. The first kappa shape index (κ1) is 14.4. The minimum atomic E-state index is -0.368. The molecule has 0 bridgehead atoms. The maximum absolute atomic E-state index is 12.2. The van der Waals surface area contributed by atoms with Gasteiger partial charge in [-0.15, -0.1) is 10.2 Å². The fourth-order valence-electron chi connectivity index (χ4n) is 2.08. The zero-order valence-corrected chi connectivity index (χ0v) is 12.1. The number of anilines is 1. The van der Waals surface area contributed by atoms with Gasteiger partial charge in [-0.3, -0.25) is 4.79 Å². The first-order valence-corrected chi connectivity index (χ1v) is 6.97. The highest BCUT2D eigenvalue weighted by Gasteiger charge is 2.09. The van der Waals surface area contributed by atoms with Crippen molar-refractivity contribution in [3.63, 3.8) is 0 Å². The molecule has 3 rings (SSSR count). The van der Waals surface area contributed by atoms with Crippen molar-refractivity contribution < 1.29 is 4.79 Å². The lowest BCUT2D eigenvalue weighted by Crippen LogP contribution is -2.14. The second-order valence-electron chi connectivity index (χ2n) is 4.82. The van der Waals surface area contributed by atoms with Gasteiger partial charge in [0, 0.05) is 11.3 Å². The number of nitrogens with zero attached hydrogens (tertiary/aromatic N) is 3. The normalized spacial score (nSPS) is 9.87. The Bertz CT molecular complexity index is 868. The standard InChI is InChI=1S/C18H12N4O/c19-12-13-5-4-8-15(11-13)20-18(23)17-10-9-16(21-22-17)14-6-2-1-3-7-14/h1-11H,(H,20,23). The fraction of sp³-hybridized carbons (Fsp3) is 0. The molecule has 0 radical (unpaired) electrons. The van der Waals surface area contributed by atoms with Crippen LogP contribution in [0.4, 0.5) is 5.69 Å². The van der Waals surface area contributed by atoms with Gasteiger partial charge < -0.3 is 5.32 Å². The largest absolute Gasteiger partial charge is 0.321 e. The van der Waals surface area contributed by atoms with Crippen LogP contribution in [0.1, 0.15) is 16.1 Å². The summed E-state index contributed by atoms with van der Waals surface area (Å²) in [5.74, 6) is -0.368. The molecule has 2 aromatic carbocycles. The van der Waals surface area contributed by atoms with E-state index >= 15 is 0 Å². The summed E-state index contributed by atoms with van der Waals surface area (Å²) in [5.41, 5.74) is 2.88. The number of nitriles is 1. The van der Waals surface area contributed by atoms with Gasteiger partial charge >= 0.3 is 0 Å². The quantitative estimate of drug-likeness (QED) is 0.805. The Morgan fingerprint density at radius 2 is 1.78 bits per heavy atom. The molecule has 23 heavy (non-hydrogen) atoms. The maximum atomic E-state index is 12.2. The predicted octanol–water partition coefficient (Wildman–Crippen LogP) is 3.27. The van der Waals surface area contributed by atoms with E-state index in [1.54, 1.807) is 36.4 Å². The molecule has 0 atom stereocenters. The highest BCUT2D eigenvalue weighted by Crippen LogP contribution is 2.16. The molecule has 1 aromatic heterocycles. The highest BCUT2D eigenvalue weighted by atomic mass is 16.1. The molecule has 0 saturated heterocycles. The molecule has 0 fully saturated rings. The number of hydrogen-bond donors (Lipinski definition) is 1. The fourth-order valence-corrected chi connectivity index (χ4v) is 2.08. The Hall–Kier alpha value is -3.52. The predicted molar refractivity (Wildman–Crippen MR) is 86.6 cm³/mol. The Balaban J connectivity index is 1.77. The van der Waals surface area contributed by atoms with E-state index in [-0.39, 0.29) is 11.6 Å². The van der Waals surface area contributed by atoms with Crippen molar-refractivity contribution in [1.29, 1.82) is 5.26 Å². The number of rotatable bonds is 3. The Kier molecular flexibility index (Phi) is 4.07. The summed E-state index contributed by atoms with van der Waals surface area (Å²) in [6.07, 6.45) is 0. The number of benzene rings is 2. The molecule has 5 nitrogen and oxygen atoms in total. The van der Waals surface area contributed by atoms with Crippen LogP contribution in [0.3, 0.4) is 0 Å². The lowest BCUT2D eigenvalue weighted by atomic mass is 10.1. The first-order valence-electron chi connectivity index (χ1n) is 6.97. The molecular weight excluding hydrogens is 288 g/mol. The van der Waals surface area contributed by atoms with Crippen molar-refractivity contribution in [1.82, 2.24) is 10.2 Å². The van der Waals surface area contributed by atoms with Crippen LogP contribution < -0.4 is 5.32 Å². The molecule has 0 aliphatic carbocycles. The lowest BCUT2D eigenvalue weighted by molar-refractivity contribution is 0.102. The van der Waals surface area contributed by atoms with Gasteiger partial charge in [0.25, 0.3) is 5.91 Å². The molecule has 1 amide bonds. The summed E-state index contributed by atoms with van der Waals surface area (Å²) in [4.78, 5) is 12.2. The molecule has 5 heteroatoms. The summed E-state index contributed by atoms with van der Waals surface area (Å²) in [6.45, 7) is 0. The van der Waals surface area contributed by atoms with Crippen LogP contribution in [0, 0.1) is 11.3 Å². The van der Waals surface area contributed by atoms with E-state index in [0.717, 1.165) is 5.56 Å². The lowest BCUT2D eigenvalue weighted by Gasteiger charge is -2.05. The maximum Gasteiger partial charge on any atom is 0.276 e. The average Bonchev–Trinajstić information content (AvgIpc) is 2.63. The Labute approximate surface area is 133 Å². The molecule has 0 aliphatic heterocycles. The van der Waals surface area contributed by atoms with Crippen molar-refractivity contribution in [2.75, 3.05) is 5.32 Å². The molecule has 0 saturated carbocycles. The molecule has 0 unspecified atom stereocenters. The van der Waals surface area contributed by atoms with Crippen LogP contribution >= 0.6 is 0 Å². The van der Waals surface area contributed by atoms with E-state index in [4.69, 9.17) is 5.26 Å². The molecule has 0 aliphatic rings. The molecule has 1 N–H and O–H groups in total. The second kappa shape index (κ2) is 6.50. The van der Waals surface area contributed by atoms with Crippen LogP contribution in [-0.2, 0) is 0 Å². The summed E-state index contributed by atoms with van der Waals surface area (Å²) in [6, 6.07) is 21.7. The number of amides is 1. The summed E-state index contributed by atoms with van der Waals surface area (Å²) in [7, 11) is 0. The minimum Gasteiger partial charge on any atom is -0.321 e. The van der Waals surface area contributed by atoms with Crippen molar-refractivity contribution in [3.8, 4) is 17.3 Å². The monoisotopic (exact) mass is 300 g/mol. The van der Waals surface area contributed by atoms with Gasteiger partial charge in [-0.25, -0.2) is 0 Å². The van der Waals surface area contributed by atoms with Gasteiger partial charge in [-0.05, 0) is 30.3 Å². The van der Waals surface area contributed by atoms with Gasteiger partial charge in [0.2, 0.25) is 0 Å². The van der Waals surface area contributed by atoms with Crippen LogP contribution in [0.2, 0.25) is 0 Å². The molecule has 0 spiro atoms. The van der Waals surface area contributed by atoms with Crippen molar-refractivity contribution in [2.24, 2.45) is 0 Å². The van der Waals surface area contributed by atoms with Crippen LogP contribution in [-0.4, -0.2) is 16.1 Å². The van der Waals surface area contributed by atoms with Crippen LogP contribution in [0.25, 0.3) is 11.3 Å². The Morgan fingerprint density at radius 1 is 0.957 bits per heavy atom. The van der Waals surface area contributed by atoms with Crippen LogP contribution in [0.15, 0.2) is 66.7 Å². The third-order valence-electron chi connectivity index (χ3n) is 3.22. The summed E-state index contributed by atoms with van der Waals surface area (Å²) < 4.78 is 0. The summed E-state index contributed by atoms with van der Waals surface area (Å²) >= 11 is 0. The van der Waals surface area contributed by atoms with Crippen LogP contribution in [0.5, 0.6) is 0 Å². The zero-order valence-electron chi connectivity index (χ0n) is 12.1. The third kappa shape index (κ3) is 3.39. The number of aromatic nitrogens is 2. The molecule has 110 valence electrons. The average molecular weight is 300 g/mol. The van der Waals surface area contributed by atoms with Gasteiger partial charge in [0.1, 0.15) is 0 Å². The molecule has 1 heterocycles. The summed E-state index contributed by atoms with van der Waals surface area (Å²) in [5, 5.41) is 19.6. The number of carbonyl (C=O) groups is 1. The SMILES string of the molecule is N#Cc1cccc(NC(=O)c2ccc(-c3ccccc3)nn2)c1. The van der Waals surface area contributed by atoms with Crippen molar-refractivity contribution in [2.45, 2.75) is 0 Å². The Morgan fingerprint density at radius 3 is 2.48 bits per heavy atom. The van der Waals surface area contributed by atoms with E-state index in [2.05, 4.69) is 15.5 Å². The number of hydrogen-bond acceptors (Lipinski definition) is 4. The van der Waals surface area contributed by atoms with E-state index in [1.165, 1.54) is 0 Å². The van der Waals surface area contributed by atoms with Gasteiger partial charge in [-0.2, -0.15) is 5.26 Å². The second-order valence-corrected chi connectivity index (χ2v) is 4.82. The van der Waals surface area contributed by atoms with E-state index < -0.39 is 0 Å². The van der Waals surface area contributed by atoms with E-state index in [9.17, 15) is 4.79 Å². The number of carbonyl (C=O) groups excluding carboxylic acids is 1. The van der Waals surface area contributed by atoms with E-state index in [0.29, 0.717) is 16.9 Å². The molecule has 3 aromatic rings. The third-order valence-corrected chi connectivity index (χ3v) is 3.22. The van der Waals surface area contributed by atoms with Gasteiger partial charge in [0.05, 0.1) is 17.3 Å². The van der Waals surface area contributed by atoms with Crippen molar-refractivity contribution in [3.05, 3.63) is 78.0 Å². The van der Waals surface area contributed by atoms with Crippen molar-refractivity contribution >= 4 is 11.6 Å². The van der Waals surface area contributed by atoms with Gasteiger partial charge in [-0.1, -0.05) is 36.4 Å². The highest BCUT2D eigenvalue weighted by molar-refractivity contribution is 6.02. The van der Waals surface area contributed by atoms with Gasteiger partial charge in [0.15, 0.2) is 5.69 Å². The topological polar surface area (TPSA) is 78.7 Å². The molecular formula is C18H12N4O. The zero-order chi connectivity index (χ0) is 16.1. The minimum absolute atomic E-state index is 0.215.